The van der Waals surface area contributed by atoms with E-state index >= 15 is 0 Å². The van der Waals surface area contributed by atoms with Crippen LogP contribution in [0, 0.1) is 5.92 Å². The van der Waals surface area contributed by atoms with E-state index in [1.807, 2.05) is 44.2 Å². The SMILES string of the molecule is C[C@@H]1C[C@@H](C)OC2=CC=CC=C[C@H]2C(=O)O1. The summed E-state index contributed by atoms with van der Waals surface area (Å²) in [6, 6.07) is 0. The lowest BCUT2D eigenvalue weighted by molar-refractivity contribution is -0.155. The predicted molar refractivity (Wildman–Crippen MR) is 60.6 cm³/mol. The lowest BCUT2D eigenvalue weighted by Crippen LogP contribution is -2.31. The van der Waals surface area contributed by atoms with E-state index in [9.17, 15) is 4.79 Å². The minimum atomic E-state index is -0.403. The van der Waals surface area contributed by atoms with Crippen LogP contribution in [-0.4, -0.2) is 18.2 Å². The molecule has 1 aliphatic heterocycles. The lowest BCUT2D eigenvalue weighted by Gasteiger charge is -2.27. The highest BCUT2D eigenvalue weighted by Crippen LogP contribution is 2.25. The Morgan fingerprint density at radius 1 is 1.12 bits per heavy atom. The zero-order chi connectivity index (χ0) is 11.5. The van der Waals surface area contributed by atoms with Crippen LogP contribution in [0.15, 0.2) is 36.1 Å². The largest absolute Gasteiger partial charge is 0.494 e. The van der Waals surface area contributed by atoms with Gasteiger partial charge in [-0.3, -0.25) is 4.79 Å². The number of carbonyl (C=O) groups excluding carboxylic acids is 1. The fourth-order valence-electron chi connectivity index (χ4n) is 1.96. The molecule has 0 amide bonds. The second kappa shape index (κ2) is 4.56. The predicted octanol–water partition coefficient (Wildman–Crippen LogP) is 2.35. The minimum Gasteiger partial charge on any atom is -0.494 e. The summed E-state index contributed by atoms with van der Waals surface area (Å²) in [7, 11) is 0. The highest BCUT2D eigenvalue weighted by atomic mass is 16.6. The summed E-state index contributed by atoms with van der Waals surface area (Å²) in [6.07, 6.45) is 9.93. The van der Waals surface area contributed by atoms with E-state index in [0.717, 1.165) is 6.42 Å². The van der Waals surface area contributed by atoms with E-state index in [1.54, 1.807) is 0 Å². The van der Waals surface area contributed by atoms with E-state index in [0.29, 0.717) is 5.76 Å². The van der Waals surface area contributed by atoms with Gasteiger partial charge in [-0.2, -0.15) is 0 Å². The Bertz CT molecular complexity index is 365. The zero-order valence-electron chi connectivity index (χ0n) is 9.55. The molecule has 0 saturated carbocycles. The standard InChI is InChI=1S/C13H16O3/c1-9-8-10(2)16-13(14)11-6-4-3-5-7-12(11)15-9/h3-7,9-11H,8H2,1-2H3/t9-,10-,11-/m1/s1. The molecule has 0 N–H and O–H groups in total. The maximum absolute atomic E-state index is 11.8. The summed E-state index contributed by atoms with van der Waals surface area (Å²) in [5.74, 6) is 0.0419. The molecular weight excluding hydrogens is 204 g/mol. The van der Waals surface area contributed by atoms with Crippen LogP contribution in [0.4, 0.5) is 0 Å². The first-order chi connectivity index (χ1) is 7.66. The van der Waals surface area contributed by atoms with E-state index in [1.165, 1.54) is 0 Å². The lowest BCUT2D eigenvalue weighted by atomic mass is 10.1. The minimum absolute atomic E-state index is 0.0664. The third-order valence-corrected chi connectivity index (χ3v) is 2.67. The van der Waals surface area contributed by atoms with Gasteiger partial charge in [0.25, 0.3) is 0 Å². The van der Waals surface area contributed by atoms with Crippen molar-refractivity contribution in [2.45, 2.75) is 32.5 Å². The van der Waals surface area contributed by atoms with Gasteiger partial charge in [0, 0.05) is 6.42 Å². The highest BCUT2D eigenvalue weighted by molar-refractivity contribution is 5.78. The van der Waals surface area contributed by atoms with Gasteiger partial charge in [0.1, 0.15) is 17.8 Å². The second-order valence-electron chi connectivity index (χ2n) is 4.23. The Morgan fingerprint density at radius 3 is 2.69 bits per heavy atom. The van der Waals surface area contributed by atoms with Crippen LogP contribution in [-0.2, 0) is 14.3 Å². The number of carbonyl (C=O) groups is 1. The van der Waals surface area contributed by atoms with Crippen LogP contribution < -0.4 is 0 Å². The molecule has 0 aromatic rings. The summed E-state index contributed by atoms with van der Waals surface area (Å²) in [5, 5.41) is 0. The molecule has 2 aliphatic rings. The van der Waals surface area contributed by atoms with Gasteiger partial charge in [-0.05, 0) is 19.9 Å². The molecule has 3 heteroatoms. The molecule has 0 bridgehead atoms. The van der Waals surface area contributed by atoms with Gasteiger partial charge in [0.15, 0.2) is 0 Å². The molecule has 1 heterocycles. The summed E-state index contributed by atoms with van der Waals surface area (Å²) in [5.41, 5.74) is 0. The van der Waals surface area contributed by atoms with E-state index < -0.39 is 5.92 Å². The van der Waals surface area contributed by atoms with Gasteiger partial charge in [-0.15, -0.1) is 0 Å². The normalized spacial score (nSPS) is 33.8. The Morgan fingerprint density at radius 2 is 1.88 bits per heavy atom. The van der Waals surface area contributed by atoms with Gasteiger partial charge < -0.3 is 9.47 Å². The average molecular weight is 220 g/mol. The summed E-state index contributed by atoms with van der Waals surface area (Å²) < 4.78 is 11.1. The summed E-state index contributed by atoms with van der Waals surface area (Å²) in [6.45, 7) is 3.89. The third-order valence-electron chi connectivity index (χ3n) is 2.67. The van der Waals surface area contributed by atoms with E-state index in [-0.39, 0.29) is 18.2 Å². The maximum Gasteiger partial charge on any atom is 0.320 e. The van der Waals surface area contributed by atoms with E-state index in [2.05, 4.69) is 0 Å². The van der Waals surface area contributed by atoms with Crippen molar-refractivity contribution in [2.75, 3.05) is 0 Å². The summed E-state index contributed by atoms with van der Waals surface area (Å²) in [4.78, 5) is 11.8. The molecular formula is C13H16O3. The van der Waals surface area contributed by atoms with Crippen molar-refractivity contribution in [3.05, 3.63) is 36.1 Å². The number of esters is 1. The number of allylic oxidation sites excluding steroid dienone is 4. The van der Waals surface area contributed by atoms with Crippen molar-refractivity contribution in [3.8, 4) is 0 Å². The number of hydrogen-bond donors (Lipinski definition) is 0. The highest BCUT2D eigenvalue weighted by Gasteiger charge is 2.29. The van der Waals surface area contributed by atoms with Gasteiger partial charge >= 0.3 is 5.97 Å². The molecule has 0 radical (unpaired) electrons. The van der Waals surface area contributed by atoms with E-state index in [4.69, 9.17) is 9.47 Å². The molecule has 86 valence electrons. The molecule has 1 aliphatic carbocycles. The summed E-state index contributed by atoms with van der Waals surface area (Å²) >= 11 is 0. The monoisotopic (exact) mass is 220 g/mol. The first kappa shape index (κ1) is 11.0. The fraction of sp³-hybridized carbons (Fsp3) is 0.462. The van der Waals surface area contributed by atoms with Crippen molar-refractivity contribution >= 4 is 5.97 Å². The van der Waals surface area contributed by atoms with Crippen molar-refractivity contribution in [3.63, 3.8) is 0 Å². The van der Waals surface area contributed by atoms with Gasteiger partial charge in [0.2, 0.25) is 0 Å². The molecule has 0 spiro atoms. The molecule has 3 nitrogen and oxygen atoms in total. The van der Waals surface area contributed by atoms with Crippen LogP contribution >= 0.6 is 0 Å². The van der Waals surface area contributed by atoms with Crippen molar-refractivity contribution in [1.29, 1.82) is 0 Å². The molecule has 3 atom stereocenters. The first-order valence-corrected chi connectivity index (χ1v) is 5.59. The third kappa shape index (κ3) is 2.35. The molecule has 0 unspecified atom stereocenters. The Labute approximate surface area is 95.4 Å². The van der Waals surface area contributed by atoms with Crippen LogP contribution in [0.1, 0.15) is 20.3 Å². The van der Waals surface area contributed by atoms with Crippen LogP contribution in [0.2, 0.25) is 0 Å². The van der Waals surface area contributed by atoms with Crippen molar-refractivity contribution < 1.29 is 14.3 Å². The average Bonchev–Trinajstić information content (AvgIpc) is 2.40. The Balaban J connectivity index is 2.27. The van der Waals surface area contributed by atoms with Gasteiger partial charge in [-0.1, -0.05) is 24.3 Å². The number of fused-ring (bicyclic) bond motifs is 1. The Hall–Kier alpha value is -1.51. The molecule has 1 fully saturated rings. The quantitative estimate of drug-likeness (QED) is 0.588. The number of ether oxygens (including phenoxy) is 2. The van der Waals surface area contributed by atoms with Crippen LogP contribution in [0.25, 0.3) is 0 Å². The topological polar surface area (TPSA) is 35.5 Å². The number of cyclic esters (lactones) is 1. The second-order valence-corrected chi connectivity index (χ2v) is 4.23. The van der Waals surface area contributed by atoms with Crippen molar-refractivity contribution in [1.82, 2.24) is 0 Å². The number of rotatable bonds is 0. The molecule has 0 aromatic heterocycles. The van der Waals surface area contributed by atoms with Crippen LogP contribution in [0.3, 0.4) is 0 Å². The molecule has 2 rings (SSSR count). The molecule has 16 heavy (non-hydrogen) atoms. The smallest absolute Gasteiger partial charge is 0.320 e. The van der Waals surface area contributed by atoms with Gasteiger partial charge in [0.05, 0.1) is 6.10 Å². The number of hydrogen-bond acceptors (Lipinski definition) is 3. The molecule has 1 saturated heterocycles. The molecule has 0 aromatic carbocycles. The fourth-order valence-corrected chi connectivity index (χ4v) is 1.96. The van der Waals surface area contributed by atoms with Gasteiger partial charge in [-0.25, -0.2) is 0 Å². The zero-order valence-corrected chi connectivity index (χ0v) is 9.55. The Kier molecular flexibility index (Phi) is 3.13. The van der Waals surface area contributed by atoms with Crippen molar-refractivity contribution in [2.24, 2.45) is 5.92 Å². The maximum atomic E-state index is 11.8. The first-order valence-electron chi connectivity index (χ1n) is 5.59. The van der Waals surface area contributed by atoms with Crippen LogP contribution in [0.5, 0.6) is 0 Å².